The van der Waals surface area contributed by atoms with Crippen molar-refractivity contribution in [1.29, 1.82) is 0 Å². The van der Waals surface area contributed by atoms with E-state index in [1.54, 1.807) is 25.6 Å². The summed E-state index contributed by atoms with van der Waals surface area (Å²) in [7, 11) is 1.64. The Hall–Kier alpha value is -3.88. The van der Waals surface area contributed by atoms with Crippen molar-refractivity contribution in [2.75, 3.05) is 32.1 Å². The van der Waals surface area contributed by atoms with Crippen molar-refractivity contribution in [2.45, 2.75) is 25.4 Å². The number of carbonyl (C=O) groups is 1. The Morgan fingerprint density at radius 3 is 2.57 bits per heavy atom. The Kier molecular flexibility index (Phi) is 6.86. The molecule has 0 spiro atoms. The van der Waals surface area contributed by atoms with Crippen LogP contribution in [0.4, 0.5) is 5.82 Å². The molecule has 0 saturated carbocycles. The van der Waals surface area contributed by atoms with Crippen molar-refractivity contribution in [3.63, 3.8) is 0 Å². The van der Waals surface area contributed by atoms with Crippen molar-refractivity contribution in [3.8, 4) is 11.3 Å². The van der Waals surface area contributed by atoms with Gasteiger partial charge in [0.05, 0.1) is 30.0 Å². The van der Waals surface area contributed by atoms with E-state index in [1.165, 1.54) is 0 Å². The third kappa shape index (κ3) is 4.90. The summed E-state index contributed by atoms with van der Waals surface area (Å²) in [6.45, 7) is 5.73. The van der Waals surface area contributed by atoms with E-state index in [4.69, 9.17) is 4.74 Å². The number of aliphatic hydroxyl groups is 1. The summed E-state index contributed by atoms with van der Waals surface area (Å²) in [5.74, 6) is 1.09. The van der Waals surface area contributed by atoms with Gasteiger partial charge in [0.25, 0.3) is 5.91 Å². The Balaban J connectivity index is 1.29. The van der Waals surface area contributed by atoms with E-state index in [2.05, 4.69) is 45.5 Å². The van der Waals surface area contributed by atoms with Crippen LogP contribution in [-0.4, -0.2) is 52.8 Å². The zero-order chi connectivity index (χ0) is 26.0. The van der Waals surface area contributed by atoms with E-state index in [0.717, 1.165) is 39.1 Å². The largest absolute Gasteiger partial charge is 0.380 e. The lowest BCUT2D eigenvalue weighted by molar-refractivity contribution is -0.184. The zero-order valence-corrected chi connectivity index (χ0v) is 21.2. The van der Waals surface area contributed by atoms with E-state index >= 15 is 0 Å². The molecule has 2 aromatic heterocycles. The Morgan fingerprint density at radius 1 is 1.08 bits per heavy atom. The highest BCUT2D eigenvalue weighted by molar-refractivity contribution is 6.06. The minimum absolute atomic E-state index is 0.117. The molecule has 0 radical (unpaired) electrons. The highest BCUT2D eigenvalue weighted by Gasteiger charge is 2.37. The van der Waals surface area contributed by atoms with Crippen molar-refractivity contribution < 1.29 is 14.6 Å². The fraction of sp³-hybridized carbons (Fsp3) is 0.310. The van der Waals surface area contributed by atoms with Gasteiger partial charge in [-0.05, 0) is 29.0 Å². The number of ether oxygens (including phenoxy) is 1. The molecule has 2 aromatic carbocycles. The monoisotopic (exact) mass is 497 g/mol. The first-order valence-corrected chi connectivity index (χ1v) is 12.5. The molecular weight excluding hydrogens is 466 g/mol. The standard InChI is InChI=1S/C29H31N5O3/c1-18(19(2)22-5-4-6-23-24(28(35)30-3)11-12-31-27(22)23)14-32-26-13-25(33-17-34-26)20-7-9-21(10-8-20)29(36)15-37-16-29/h4-13,17-19,36H,14-16H2,1-3H3,(H,30,35)(H,32,33,34). The maximum absolute atomic E-state index is 12.3. The van der Waals surface area contributed by atoms with E-state index in [0.29, 0.717) is 25.3 Å². The van der Waals surface area contributed by atoms with Crippen LogP contribution in [0.25, 0.3) is 22.2 Å². The molecule has 37 heavy (non-hydrogen) atoms. The Morgan fingerprint density at radius 2 is 1.86 bits per heavy atom. The first-order chi connectivity index (χ1) is 17.9. The SMILES string of the molecule is CNC(=O)c1ccnc2c(C(C)C(C)CNc3cc(-c4ccc(C5(O)COC5)cc4)ncn3)cccc12. The molecule has 1 fully saturated rings. The van der Waals surface area contributed by atoms with Crippen LogP contribution in [0.1, 0.15) is 41.3 Å². The number of benzene rings is 2. The van der Waals surface area contributed by atoms with Gasteiger partial charge in [-0.15, -0.1) is 0 Å². The summed E-state index contributed by atoms with van der Waals surface area (Å²) in [5.41, 5.74) is 4.32. The maximum Gasteiger partial charge on any atom is 0.251 e. The van der Waals surface area contributed by atoms with Gasteiger partial charge in [0, 0.05) is 36.8 Å². The first kappa shape index (κ1) is 24.8. The summed E-state index contributed by atoms with van der Waals surface area (Å²) in [6.07, 6.45) is 3.25. The molecular formula is C29H31N5O3. The van der Waals surface area contributed by atoms with Gasteiger partial charge < -0.3 is 20.5 Å². The second-order valence-electron chi connectivity index (χ2n) is 9.72. The number of fused-ring (bicyclic) bond motifs is 1. The smallest absolute Gasteiger partial charge is 0.251 e. The van der Waals surface area contributed by atoms with Crippen molar-refractivity contribution in [3.05, 3.63) is 83.8 Å². The molecule has 2 unspecified atom stereocenters. The molecule has 8 heteroatoms. The lowest BCUT2D eigenvalue weighted by atomic mass is 9.87. The number of hydrogen-bond donors (Lipinski definition) is 3. The number of pyridine rings is 1. The van der Waals surface area contributed by atoms with Gasteiger partial charge in [-0.25, -0.2) is 9.97 Å². The highest BCUT2D eigenvalue weighted by atomic mass is 16.5. The van der Waals surface area contributed by atoms with Gasteiger partial charge >= 0.3 is 0 Å². The predicted octanol–water partition coefficient (Wildman–Crippen LogP) is 4.12. The molecule has 5 rings (SSSR count). The topological polar surface area (TPSA) is 109 Å². The van der Waals surface area contributed by atoms with Gasteiger partial charge in [-0.2, -0.15) is 0 Å². The van der Waals surface area contributed by atoms with Crippen LogP contribution in [-0.2, 0) is 10.3 Å². The molecule has 3 N–H and O–H groups in total. The van der Waals surface area contributed by atoms with Crippen LogP contribution in [0.15, 0.2) is 67.1 Å². The Bertz CT molecular complexity index is 1420. The van der Waals surface area contributed by atoms with Crippen molar-refractivity contribution >= 4 is 22.6 Å². The van der Waals surface area contributed by atoms with Crippen LogP contribution < -0.4 is 10.6 Å². The number of para-hydroxylation sites is 1. The van der Waals surface area contributed by atoms with Gasteiger partial charge in [-0.1, -0.05) is 56.3 Å². The predicted molar refractivity (Wildman–Crippen MR) is 143 cm³/mol. The molecule has 4 aromatic rings. The van der Waals surface area contributed by atoms with Gasteiger partial charge in [0.2, 0.25) is 0 Å². The number of rotatable bonds is 8. The number of nitrogens with one attached hydrogen (secondary N) is 2. The second-order valence-corrected chi connectivity index (χ2v) is 9.72. The summed E-state index contributed by atoms with van der Waals surface area (Å²) < 4.78 is 5.16. The van der Waals surface area contributed by atoms with Gasteiger partial charge in [0.1, 0.15) is 17.7 Å². The first-order valence-electron chi connectivity index (χ1n) is 12.5. The van der Waals surface area contributed by atoms with E-state index in [9.17, 15) is 9.90 Å². The minimum Gasteiger partial charge on any atom is -0.380 e. The van der Waals surface area contributed by atoms with Crippen LogP contribution in [0, 0.1) is 5.92 Å². The van der Waals surface area contributed by atoms with E-state index in [1.807, 2.05) is 42.5 Å². The van der Waals surface area contributed by atoms with Crippen LogP contribution in [0.2, 0.25) is 0 Å². The Labute approximate surface area is 216 Å². The quantitative estimate of drug-likeness (QED) is 0.336. The molecule has 1 aliphatic heterocycles. The van der Waals surface area contributed by atoms with Crippen molar-refractivity contribution in [2.24, 2.45) is 5.92 Å². The van der Waals surface area contributed by atoms with Gasteiger partial charge in [-0.3, -0.25) is 9.78 Å². The lowest BCUT2D eigenvalue weighted by Crippen LogP contribution is -2.46. The fourth-order valence-electron chi connectivity index (χ4n) is 4.67. The summed E-state index contributed by atoms with van der Waals surface area (Å²) in [4.78, 5) is 25.8. The molecule has 2 atom stereocenters. The van der Waals surface area contributed by atoms with E-state index < -0.39 is 5.60 Å². The average Bonchev–Trinajstić information content (AvgIpc) is 2.93. The number of carbonyl (C=O) groups excluding carboxylic acids is 1. The minimum atomic E-state index is -0.882. The second kappa shape index (κ2) is 10.2. The maximum atomic E-state index is 12.3. The van der Waals surface area contributed by atoms with Gasteiger partial charge in [0.15, 0.2) is 0 Å². The summed E-state index contributed by atoms with van der Waals surface area (Å²) in [6, 6.07) is 17.5. The van der Waals surface area contributed by atoms with Crippen LogP contribution in [0.3, 0.4) is 0 Å². The highest BCUT2D eigenvalue weighted by Crippen LogP contribution is 2.32. The third-order valence-corrected chi connectivity index (χ3v) is 7.29. The molecule has 1 saturated heterocycles. The van der Waals surface area contributed by atoms with Crippen molar-refractivity contribution in [1.82, 2.24) is 20.3 Å². The number of nitrogens with zero attached hydrogens (tertiary/aromatic N) is 3. The number of hydrogen-bond acceptors (Lipinski definition) is 7. The normalized spacial score (nSPS) is 16.0. The summed E-state index contributed by atoms with van der Waals surface area (Å²) >= 11 is 0. The van der Waals surface area contributed by atoms with Crippen LogP contribution in [0.5, 0.6) is 0 Å². The molecule has 0 aliphatic carbocycles. The molecule has 0 bridgehead atoms. The number of anilines is 1. The molecule has 8 nitrogen and oxygen atoms in total. The number of amides is 1. The summed E-state index contributed by atoms with van der Waals surface area (Å²) in [5, 5.41) is 17.5. The number of aromatic nitrogens is 3. The lowest BCUT2D eigenvalue weighted by Gasteiger charge is -2.36. The third-order valence-electron chi connectivity index (χ3n) is 7.29. The molecule has 3 heterocycles. The zero-order valence-electron chi connectivity index (χ0n) is 21.2. The molecule has 1 amide bonds. The fourth-order valence-corrected chi connectivity index (χ4v) is 4.67. The average molecular weight is 498 g/mol. The molecule has 190 valence electrons. The van der Waals surface area contributed by atoms with E-state index in [-0.39, 0.29) is 17.7 Å². The molecule has 1 aliphatic rings. The van der Waals surface area contributed by atoms with Crippen LogP contribution >= 0.6 is 0 Å².